The summed E-state index contributed by atoms with van der Waals surface area (Å²) in [5, 5.41) is 9.15. The number of piperidine rings is 1. The van der Waals surface area contributed by atoms with Crippen LogP contribution in [0, 0.1) is 5.82 Å². The number of carbonyl (C=O) groups is 2. The number of nitrogens with zero attached hydrogens (tertiary/aromatic N) is 1. The van der Waals surface area contributed by atoms with E-state index in [1.807, 2.05) is 20.8 Å². The third-order valence-electron chi connectivity index (χ3n) is 4.67. The summed E-state index contributed by atoms with van der Waals surface area (Å²) in [6.45, 7) is 6.41. The van der Waals surface area contributed by atoms with Crippen LogP contribution in [-0.2, 0) is 4.74 Å². The van der Waals surface area contributed by atoms with Gasteiger partial charge in [-0.1, -0.05) is 0 Å². The summed E-state index contributed by atoms with van der Waals surface area (Å²) in [5.41, 5.74) is -0.161. The zero-order valence-corrected chi connectivity index (χ0v) is 16.0. The zero-order valence-electron chi connectivity index (χ0n) is 16.0. The van der Waals surface area contributed by atoms with Gasteiger partial charge in [0.05, 0.1) is 12.1 Å². The summed E-state index contributed by atoms with van der Waals surface area (Å²) in [6.07, 6.45) is 2.72. The lowest BCUT2D eigenvalue weighted by atomic mass is 10.0. The van der Waals surface area contributed by atoms with E-state index in [0.717, 1.165) is 31.2 Å². The number of carboxylic acid groups (broad SMARTS) is 1. The maximum absolute atomic E-state index is 14.2. The van der Waals surface area contributed by atoms with Crippen LogP contribution in [0.25, 0.3) is 0 Å². The molecule has 1 amide bonds. The second-order valence-electron chi connectivity index (χ2n) is 8.26. The third-order valence-corrected chi connectivity index (χ3v) is 4.67. The van der Waals surface area contributed by atoms with Gasteiger partial charge >= 0.3 is 12.1 Å². The molecule has 6 nitrogen and oxygen atoms in total. The lowest BCUT2D eigenvalue weighted by Gasteiger charge is -2.34. The Bertz CT molecular complexity index is 739. The molecule has 1 aliphatic carbocycles. The number of aromatic carboxylic acids is 1. The van der Waals surface area contributed by atoms with E-state index in [1.165, 1.54) is 12.1 Å². The average molecular weight is 379 g/mol. The van der Waals surface area contributed by atoms with Gasteiger partial charge in [0.25, 0.3) is 0 Å². The highest BCUT2D eigenvalue weighted by atomic mass is 19.1. The molecule has 1 N–H and O–H groups in total. The summed E-state index contributed by atoms with van der Waals surface area (Å²) in [4.78, 5) is 25.1. The Hall–Kier alpha value is -2.31. The molecule has 0 spiro atoms. The number of halogens is 1. The smallest absolute Gasteiger partial charge is 0.410 e. The summed E-state index contributed by atoms with van der Waals surface area (Å²) in [7, 11) is 0. The number of amides is 1. The van der Waals surface area contributed by atoms with Crippen molar-refractivity contribution in [3.05, 3.63) is 29.1 Å². The summed E-state index contributed by atoms with van der Waals surface area (Å²) >= 11 is 0. The van der Waals surface area contributed by atoms with Gasteiger partial charge in [0, 0.05) is 12.6 Å². The molecule has 0 bridgehead atoms. The number of carboxylic acids is 1. The van der Waals surface area contributed by atoms with Crippen molar-refractivity contribution in [3.8, 4) is 5.75 Å². The molecule has 1 saturated carbocycles. The van der Waals surface area contributed by atoms with Crippen LogP contribution in [0.15, 0.2) is 12.1 Å². The SMILES string of the molecule is CC(C)(C)OC(=O)N1CCCC(Oc2cc(F)c(C(=O)O)cc2C2CC2)C1. The Labute approximate surface area is 158 Å². The molecule has 2 aliphatic rings. The van der Waals surface area contributed by atoms with Gasteiger partial charge in [-0.15, -0.1) is 0 Å². The molecule has 148 valence electrons. The van der Waals surface area contributed by atoms with Crippen LogP contribution in [0.1, 0.15) is 68.3 Å². The van der Waals surface area contributed by atoms with E-state index in [-0.39, 0.29) is 23.7 Å². The summed E-state index contributed by atoms with van der Waals surface area (Å²) < 4.78 is 25.6. The lowest BCUT2D eigenvalue weighted by Crippen LogP contribution is -2.46. The van der Waals surface area contributed by atoms with E-state index in [2.05, 4.69) is 0 Å². The van der Waals surface area contributed by atoms with Gasteiger partial charge in [0.15, 0.2) is 0 Å². The zero-order chi connectivity index (χ0) is 19.8. The van der Waals surface area contributed by atoms with E-state index in [1.54, 1.807) is 4.90 Å². The van der Waals surface area contributed by atoms with Crippen LogP contribution in [-0.4, -0.2) is 46.9 Å². The van der Waals surface area contributed by atoms with Crippen LogP contribution in [0.3, 0.4) is 0 Å². The molecule has 1 saturated heterocycles. The highest BCUT2D eigenvalue weighted by molar-refractivity contribution is 5.88. The van der Waals surface area contributed by atoms with Crippen molar-refractivity contribution in [1.29, 1.82) is 0 Å². The molecule has 1 aromatic carbocycles. The molecule has 3 rings (SSSR count). The number of benzene rings is 1. The Kier molecular flexibility index (Phi) is 5.31. The Balaban J connectivity index is 1.74. The Morgan fingerprint density at radius 3 is 2.52 bits per heavy atom. The second-order valence-corrected chi connectivity index (χ2v) is 8.26. The third kappa shape index (κ3) is 4.90. The highest BCUT2D eigenvalue weighted by Gasteiger charge is 2.32. The summed E-state index contributed by atoms with van der Waals surface area (Å²) in [6, 6.07) is 2.56. The van der Waals surface area contributed by atoms with Crippen molar-refractivity contribution >= 4 is 12.1 Å². The van der Waals surface area contributed by atoms with Gasteiger partial charge in [-0.3, -0.25) is 0 Å². The van der Waals surface area contributed by atoms with Crippen molar-refractivity contribution in [2.75, 3.05) is 13.1 Å². The fourth-order valence-corrected chi connectivity index (χ4v) is 3.26. The van der Waals surface area contributed by atoms with Gasteiger partial charge in [-0.2, -0.15) is 0 Å². The van der Waals surface area contributed by atoms with Crippen molar-refractivity contribution in [2.45, 2.75) is 64.1 Å². The monoisotopic (exact) mass is 379 g/mol. The fourth-order valence-electron chi connectivity index (χ4n) is 3.26. The molecule has 1 atom stereocenters. The fraction of sp³-hybridized carbons (Fsp3) is 0.600. The minimum absolute atomic E-state index is 0.212. The number of rotatable bonds is 4. The molecule has 0 aromatic heterocycles. The molecular weight excluding hydrogens is 353 g/mol. The Morgan fingerprint density at radius 1 is 1.22 bits per heavy atom. The molecule has 27 heavy (non-hydrogen) atoms. The molecule has 1 aromatic rings. The van der Waals surface area contributed by atoms with Crippen LogP contribution in [0.2, 0.25) is 0 Å². The first kappa shape index (κ1) is 19.5. The molecule has 1 unspecified atom stereocenters. The molecule has 2 fully saturated rings. The predicted octanol–water partition coefficient (Wildman–Crippen LogP) is 4.18. The van der Waals surface area contributed by atoms with Crippen LogP contribution in [0.4, 0.5) is 9.18 Å². The quantitative estimate of drug-likeness (QED) is 0.849. The normalized spacial score (nSPS) is 20.3. The number of hydrogen-bond donors (Lipinski definition) is 1. The van der Waals surface area contributed by atoms with Crippen molar-refractivity contribution in [2.24, 2.45) is 0 Å². The number of hydrogen-bond acceptors (Lipinski definition) is 4. The maximum atomic E-state index is 14.2. The Morgan fingerprint density at radius 2 is 1.93 bits per heavy atom. The predicted molar refractivity (Wildman–Crippen MR) is 96.8 cm³/mol. The van der Waals surface area contributed by atoms with Gasteiger partial charge in [-0.25, -0.2) is 14.0 Å². The minimum atomic E-state index is -1.28. The van der Waals surface area contributed by atoms with Crippen molar-refractivity contribution in [1.82, 2.24) is 4.90 Å². The van der Waals surface area contributed by atoms with Crippen LogP contribution in [0.5, 0.6) is 5.75 Å². The van der Waals surface area contributed by atoms with E-state index < -0.39 is 17.4 Å². The first-order chi connectivity index (χ1) is 12.6. The van der Waals surface area contributed by atoms with E-state index in [0.29, 0.717) is 18.8 Å². The van der Waals surface area contributed by atoms with E-state index in [4.69, 9.17) is 14.6 Å². The molecule has 7 heteroatoms. The number of likely N-dealkylation sites (tertiary alicyclic amines) is 1. The minimum Gasteiger partial charge on any atom is -0.488 e. The largest absolute Gasteiger partial charge is 0.488 e. The first-order valence-electron chi connectivity index (χ1n) is 9.35. The van der Waals surface area contributed by atoms with Crippen molar-refractivity contribution in [3.63, 3.8) is 0 Å². The van der Waals surface area contributed by atoms with Crippen molar-refractivity contribution < 1.29 is 28.6 Å². The molecule has 1 aliphatic heterocycles. The lowest BCUT2D eigenvalue weighted by molar-refractivity contribution is 0.00758. The van der Waals surface area contributed by atoms with Crippen LogP contribution < -0.4 is 4.74 Å². The van der Waals surface area contributed by atoms with Gasteiger partial charge in [0.2, 0.25) is 0 Å². The second kappa shape index (κ2) is 7.37. The van der Waals surface area contributed by atoms with Gasteiger partial charge < -0.3 is 19.5 Å². The van der Waals surface area contributed by atoms with Gasteiger partial charge in [-0.05, 0) is 64.0 Å². The molecule has 1 heterocycles. The standard InChI is InChI=1S/C20H26FNO5/c1-20(2,3)27-19(25)22-8-4-5-13(11-22)26-17-10-16(21)15(18(23)24)9-14(17)12-6-7-12/h9-10,12-13H,4-8,11H2,1-3H3,(H,23,24). The van der Waals surface area contributed by atoms with E-state index in [9.17, 15) is 14.0 Å². The maximum Gasteiger partial charge on any atom is 0.410 e. The van der Waals surface area contributed by atoms with E-state index >= 15 is 0 Å². The number of ether oxygens (including phenoxy) is 2. The van der Waals surface area contributed by atoms with Crippen LogP contribution >= 0.6 is 0 Å². The number of carbonyl (C=O) groups excluding carboxylic acids is 1. The summed E-state index contributed by atoms with van der Waals surface area (Å²) in [5.74, 6) is -1.49. The van der Waals surface area contributed by atoms with Gasteiger partial charge in [0.1, 0.15) is 23.3 Å². The highest BCUT2D eigenvalue weighted by Crippen LogP contribution is 2.45. The topological polar surface area (TPSA) is 76.1 Å². The molecule has 0 radical (unpaired) electrons. The first-order valence-corrected chi connectivity index (χ1v) is 9.35. The molecular formula is C20H26FNO5. The average Bonchev–Trinajstić information content (AvgIpc) is 3.38.